The maximum absolute atomic E-state index is 11.9. The molecule has 0 rings (SSSR count). The first-order valence-electron chi connectivity index (χ1n) is 6.10. The summed E-state index contributed by atoms with van der Waals surface area (Å²) in [5.74, 6) is 0.749. The average Bonchev–Trinajstić information content (AvgIpc) is 2.20. The molecular formula is C12H25NO3S. The van der Waals surface area contributed by atoms with E-state index in [0.29, 0.717) is 19.5 Å². The third-order valence-electron chi connectivity index (χ3n) is 2.07. The summed E-state index contributed by atoms with van der Waals surface area (Å²) in [7, 11) is 0. The Bertz CT molecular complexity index is 216. The summed E-state index contributed by atoms with van der Waals surface area (Å²) in [4.78, 5) is 13.6. The molecule has 17 heavy (non-hydrogen) atoms. The van der Waals surface area contributed by atoms with Crippen LogP contribution in [0.1, 0.15) is 40.0 Å². The molecule has 0 bridgehead atoms. The highest BCUT2D eigenvalue weighted by Crippen LogP contribution is 2.11. The van der Waals surface area contributed by atoms with Crippen LogP contribution in [0.4, 0.5) is 4.79 Å². The van der Waals surface area contributed by atoms with Crippen molar-refractivity contribution in [1.29, 1.82) is 0 Å². The van der Waals surface area contributed by atoms with Gasteiger partial charge in [0.05, 0.1) is 0 Å². The first-order chi connectivity index (χ1) is 7.90. The quantitative estimate of drug-likeness (QED) is 0.547. The molecule has 0 aromatic rings. The number of hydrogen-bond acceptors (Lipinski definition) is 4. The van der Waals surface area contributed by atoms with Gasteiger partial charge in [-0.1, -0.05) is 0 Å². The van der Waals surface area contributed by atoms with Crippen molar-refractivity contribution >= 4 is 18.7 Å². The summed E-state index contributed by atoms with van der Waals surface area (Å²) in [5.41, 5.74) is -0.465. The average molecular weight is 263 g/mol. The number of rotatable bonds is 7. The lowest BCUT2D eigenvalue weighted by Crippen LogP contribution is -2.38. The molecule has 0 aromatic carbocycles. The molecule has 0 aliphatic carbocycles. The van der Waals surface area contributed by atoms with Gasteiger partial charge in [-0.3, -0.25) is 0 Å². The summed E-state index contributed by atoms with van der Waals surface area (Å²) in [6.45, 7) is 7.02. The van der Waals surface area contributed by atoms with Crippen molar-refractivity contribution in [3.05, 3.63) is 0 Å². The van der Waals surface area contributed by atoms with Crippen molar-refractivity contribution in [2.45, 2.75) is 45.6 Å². The number of aliphatic hydroxyl groups is 1. The monoisotopic (exact) mass is 263 g/mol. The Morgan fingerprint density at radius 3 is 2.29 bits per heavy atom. The van der Waals surface area contributed by atoms with Gasteiger partial charge in [0.25, 0.3) is 0 Å². The minimum absolute atomic E-state index is 0.161. The van der Waals surface area contributed by atoms with Crippen LogP contribution in [0, 0.1) is 0 Å². The Hall–Kier alpha value is -0.420. The minimum atomic E-state index is -0.465. The third-order valence-corrected chi connectivity index (χ3v) is 2.39. The Kier molecular flexibility index (Phi) is 8.43. The summed E-state index contributed by atoms with van der Waals surface area (Å²) in [6, 6.07) is 0. The number of ether oxygens (including phenoxy) is 1. The number of nitrogens with zero attached hydrogens (tertiary/aromatic N) is 1. The summed E-state index contributed by atoms with van der Waals surface area (Å²) >= 11 is 4.14. The van der Waals surface area contributed by atoms with Crippen molar-refractivity contribution in [1.82, 2.24) is 4.90 Å². The molecule has 0 saturated carbocycles. The fourth-order valence-corrected chi connectivity index (χ4v) is 1.44. The second-order valence-corrected chi connectivity index (χ2v) is 5.42. The first kappa shape index (κ1) is 16.6. The van der Waals surface area contributed by atoms with E-state index in [0.717, 1.165) is 18.6 Å². The third kappa shape index (κ3) is 9.30. The summed E-state index contributed by atoms with van der Waals surface area (Å²) in [5, 5.41) is 8.73. The normalized spacial score (nSPS) is 11.4. The van der Waals surface area contributed by atoms with E-state index in [-0.39, 0.29) is 12.7 Å². The molecule has 0 fully saturated rings. The van der Waals surface area contributed by atoms with Crippen molar-refractivity contribution in [2.75, 3.05) is 25.4 Å². The topological polar surface area (TPSA) is 49.8 Å². The number of hydrogen-bond donors (Lipinski definition) is 2. The Morgan fingerprint density at radius 2 is 1.82 bits per heavy atom. The molecule has 0 aliphatic rings. The van der Waals surface area contributed by atoms with E-state index in [1.54, 1.807) is 4.90 Å². The molecule has 0 atom stereocenters. The Labute approximate surface area is 110 Å². The van der Waals surface area contributed by atoms with Crippen LogP contribution in [-0.4, -0.2) is 47.1 Å². The van der Waals surface area contributed by atoms with Gasteiger partial charge < -0.3 is 14.7 Å². The molecule has 0 unspecified atom stereocenters. The molecule has 0 aliphatic heterocycles. The van der Waals surface area contributed by atoms with E-state index in [9.17, 15) is 4.79 Å². The number of unbranched alkanes of at least 4 members (excludes halogenated alkanes) is 1. The highest BCUT2D eigenvalue weighted by atomic mass is 32.1. The van der Waals surface area contributed by atoms with Gasteiger partial charge in [0.2, 0.25) is 0 Å². The van der Waals surface area contributed by atoms with E-state index in [1.165, 1.54) is 0 Å². The standard InChI is InChI=1S/C12H25NO3S/c1-12(2,3)16-11(15)13(8-6-10-17)7-4-5-9-14/h14,17H,4-10H2,1-3H3. The lowest BCUT2D eigenvalue weighted by atomic mass is 10.2. The van der Waals surface area contributed by atoms with Crippen molar-refractivity contribution in [3.63, 3.8) is 0 Å². The molecule has 4 nitrogen and oxygen atoms in total. The highest BCUT2D eigenvalue weighted by Gasteiger charge is 2.21. The fraction of sp³-hybridized carbons (Fsp3) is 0.917. The molecule has 0 saturated heterocycles. The van der Waals surface area contributed by atoms with Crippen molar-refractivity contribution < 1.29 is 14.6 Å². The number of carbonyl (C=O) groups excluding carboxylic acids is 1. The van der Waals surface area contributed by atoms with Crippen molar-refractivity contribution in [3.8, 4) is 0 Å². The van der Waals surface area contributed by atoms with E-state index < -0.39 is 5.60 Å². The molecule has 5 heteroatoms. The predicted molar refractivity (Wildman–Crippen MR) is 72.6 cm³/mol. The molecule has 1 amide bonds. The van der Waals surface area contributed by atoms with E-state index in [2.05, 4.69) is 12.6 Å². The zero-order valence-electron chi connectivity index (χ0n) is 11.1. The lowest BCUT2D eigenvalue weighted by Gasteiger charge is -2.27. The summed E-state index contributed by atoms with van der Waals surface area (Å²) < 4.78 is 5.33. The number of thiol groups is 1. The minimum Gasteiger partial charge on any atom is -0.444 e. The van der Waals surface area contributed by atoms with Gasteiger partial charge in [-0.15, -0.1) is 0 Å². The van der Waals surface area contributed by atoms with Gasteiger partial charge in [0, 0.05) is 19.7 Å². The van der Waals surface area contributed by atoms with E-state index in [4.69, 9.17) is 9.84 Å². The van der Waals surface area contributed by atoms with Gasteiger partial charge in [-0.25, -0.2) is 4.79 Å². The van der Waals surface area contributed by atoms with Gasteiger partial charge in [-0.2, -0.15) is 12.6 Å². The maximum atomic E-state index is 11.9. The first-order valence-corrected chi connectivity index (χ1v) is 6.73. The molecule has 0 radical (unpaired) electrons. The van der Waals surface area contributed by atoms with Crippen LogP contribution in [0.15, 0.2) is 0 Å². The Morgan fingerprint density at radius 1 is 1.24 bits per heavy atom. The molecule has 102 valence electrons. The van der Waals surface area contributed by atoms with Gasteiger partial charge in [-0.05, 0) is 45.8 Å². The second kappa shape index (κ2) is 8.64. The molecular weight excluding hydrogens is 238 g/mol. The molecule has 1 N–H and O–H groups in total. The van der Waals surface area contributed by atoms with E-state index >= 15 is 0 Å². The zero-order valence-corrected chi connectivity index (χ0v) is 12.0. The SMILES string of the molecule is CC(C)(C)OC(=O)N(CCCS)CCCCO. The smallest absolute Gasteiger partial charge is 0.410 e. The lowest BCUT2D eigenvalue weighted by molar-refractivity contribution is 0.0245. The second-order valence-electron chi connectivity index (χ2n) is 4.98. The summed E-state index contributed by atoms with van der Waals surface area (Å²) in [6.07, 6.45) is 2.07. The van der Waals surface area contributed by atoms with Crippen LogP contribution in [0.2, 0.25) is 0 Å². The Balaban J connectivity index is 4.19. The highest BCUT2D eigenvalue weighted by molar-refractivity contribution is 7.80. The van der Waals surface area contributed by atoms with Crippen LogP contribution in [-0.2, 0) is 4.74 Å². The van der Waals surface area contributed by atoms with Crippen LogP contribution in [0.3, 0.4) is 0 Å². The van der Waals surface area contributed by atoms with Crippen LogP contribution < -0.4 is 0 Å². The molecule has 0 heterocycles. The number of aliphatic hydroxyl groups excluding tert-OH is 1. The predicted octanol–water partition coefficient (Wildman–Crippen LogP) is 2.32. The fourth-order valence-electron chi connectivity index (χ4n) is 1.30. The van der Waals surface area contributed by atoms with Gasteiger partial charge in [0.1, 0.15) is 5.60 Å². The van der Waals surface area contributed by atoms with Crippen LogP contribution in [0.5, 0.6) is 0 Å². The van der Waals surface area contributed by atoms with Gasteiger partial charge in [0.15, 0.2) is 0 Å². The van der Waals surface area contributed by atoms with Crippen LogP contribution in [0.25, 0.3) is 0 Å². The molecule has 0 aromatic heterocycles. The number of amides is 1. The number of carbonyl (C=O) groups is 1. The molecule has 0 spiro atoms. The van der Waals surface area contributed by atoms with E-state index in [1.807, 2.05) is 20.8 Å². The largest absolute Gasteiger partial charge is 0.444 e. The van der Waals surface area contributed by atoms with Crippen LogP contribution >= 0.6 is 12.6 Å². The zero-order chi connectivity index (χ0) is 13.3. The van der Waals surface area contributed by atoms with Gasteiger partial charge >= 0.3 is 6.09 Å². The maximum Gasteiger partial charge on any atom is 0.410 e. The van der Waals surface area contributed by atoms with Crippen molar-refractivity contribution in [2.24, 2.45) is 0 Å².